The molecule has 7 heteroatoms. The number of halogens is 1. The maximum absolute atomic E-state index is 12.7. The van der Waals surface area contributed by atoms with Gasteiger partial charge in [-0.05, 0) is 12.8 Å². The van der Waals surface area contributed by atoms with Crippen molar-refractivity contribution in [2.24, 2.45) is 5.92 Å². The van der Waals surface area contributed by atoms with Crippen LogP contribution in [0.1, 0.15) is 23.2 Å². The van der Waals surface area contributed by atoms with Crippen LogP contribution in [0.2, 0.25) is 5.02 Å². The smallest absolute Gasteiger partial charge is 0.274 e. The van der Waals surface area contributed by atoms with Crippen molar-refractivity contribution in [1.29, 1.82) is 0 Å². The summed E-state index contributed by atoms with van der Waals surface area (Å²) < 4.78 is 5.41. The van der Waals surface area contributed by atoms with Crippen molar-refractivity contribution in [2.75, 3.05) is 39.4 Å². The van der Waals surface area contributed by atoms with E-state index in [0.29, 0.717) is 28.5 Å². The van der Waals surface area contributed by atoms with E-state index in [0.717, 1.165) is 39.4 Å². The van der Waals surface area contributed by atoms with E-state index in [9.17, 15) is 4.79 Å². The van der Waals surface area contributed by atoms with Crippen LogP contribution in [0.4, 0.5) is 0 Å². The minimum absolute atomic E-state index is 0.0990. The van der Waals surface area contributed by atoms with Gasteiger partial charge in [-0.1, -0.05) is 18.5 Å². The molecular formula is C15H21ClN4O2. The largest absolute Gasteiger partial charge is 0.379 e. The van der Waals surface area contributed by atoms with Gasteiger partial charge in [0.15, 0.2) is 5.69 Å². The number of hydrogen-bond donors (Lipinski definition) is 0. The van der Waals surface area contributed by atoms with E-state index in [2.05, 4.69) is 21.8 Å². The van der Waals surface area contributed by atoms with Crippen LogP contribution in [-0.4, -0.2) is 71.1 Å². The topological polar surface area (TPSA) is 58.6 Å². The average Bonchev–Trinajstić information content (AvgIpc) is 2.92. The lowest BCUT2D eigenvalue weighted by Crippen LogP contribution is -2.47. The van der Waals surface area contributed by atoms with E-state index in [4.69, 9.17) is 16.3 Å². The molecule has 22 heavy (non-hydrogen) atoms. The molecule has 120 valence electrons. The Kier molecular flexibility index (Phi) is 4.61. The molecule has 6 nitrogen and oxygen atoms in total. The molecule has 1 amide bonds. The molecule has 2 aliphatic rings. The zero-order chi connectivity index (χ0) is 15.7. The number of rotatable bonds is 2. The summed E-state index contributed by atoms with van der Waals surface area (Å²) in [6, 6.07) is 0.384. The standard InChI is InChI=1S/C15H21ClN4O2/c1-10-8-20(9-13(10)19-3-5-22-6-4-19)15(21)14-12(16)7-17-11(2)18-14/h7,10,13H,3-6,8-9H2,1-2H3. The summed E-state index contributed by atoms with van der Waals surface area (Å²) in [6.45, 7) is 8.83. The Hall–Kier alpha value is -1.24. The van der Waals surface area contributed by atoms with Crippen molar-refractivity contribution >= 4 is 17.5 Å². The highest BCUT2D eigenvalue weighted by Gasteiger charge is 2.37. The predicted octanol–water partition coefficient (Wildman–Crippen LogP) is 1.23. The summed E-state index contributed by atoms with van der Waals surface area (Å²) in [6.07, 6.45) is 1.50. The summed E-state index contributed by atoms with van der Waals surface area (Å²) in [5, 5.41) is 0.318. The van der Waals surface area contributed by atoms with Gasteiger partial charge >= 0.3 is 0 Å². The first-order valence-electron chi connectivity index (χ1n) is 7.66. The molecule has 2 atom stereocenters. The highest BCUT2D eigenvalue weighted by molar-refractivity contribution is 6.33. The van der Waals surface area contributed by atoms with Crippen LogP contribution in [0.15, 0.2) is 6.20 Å². The van der Waals surface area contributed by atoms with Gasteiger partial charge in [0.05, 0.1) is 24.4 Å². The molecule has 2 fully saturated rings. The minimum Gasteiger partial charge on any atom is -0.379 e. The molecule has 3 heterocycles. The van der Waals surface area contributed by atoms with Crippen LogP contribution in [-0.2, 0) is 4.74 Å². The molecule has 0 saturated carbocycles. The fourth-order valence-electron chi connectivity index (χ4n) is 3.25. The van der Waals surface area contributed by atoms with Crippen molar-refractivity contribution in [3.8, 4) is 0 Å². The van der Waals surface area contributed by atoms with E-state index in [1.807, 2.05) is 4.90 Å². The van der Waals surface area contributed by atoms with E-state index in [-0.39, 0.29) is 5.91 Å². The molecule has 0 aromatic carbocycles. The number of ether oxygens (including phenoxy) is 1. The minimum atomic E-state index is -0.0990. The second kappa shape index (κ2) is 6.48. The van der Waals surface area contributed by atoms with Gasteiger partial charge in [0.25, 0.3) is 5.91 Å². The highest BCUT2D eigenvalue weighted by atomic mass is 35.5. The fraction of sp³-hybridized carbons (Fsp3) is 0.667. The van der Waals surface area contributed by atoms with Gasteiger partial charge in [0.2, 0.25) is 0 Å². The molecule has 3 rings (SSSR count). The van der Waals surface area contributed by atoms with Gasteiger partial charge in [-0.25, -0.2) is 9.97 Å². The van der Waals surface area contributed by atoms with Crippen molar-refractivity contribution in [3.05, 3.63) is 22.7 Å². The van der Waals surface area contributed by atoms with Gasteiger partial charge in [0, 0.05) is 32.2 Å². The monoisotopic (exact) mass is 324 g/mol. The van der Waals surface area contributed by atoms with Gasteiger partial charge in [-0.15, -0.1) is 0 Å². The van der Waals surface area contributed by atoms with Crippen molar-refractivity contribution in [1.82, 2.24) is 19.8 Å². The molecule has 1 aromatic rings. The van der Waals surface area contributed by atoms with Gasteiger partial charge in [-0.3, -0.25) is 9.69 Å². The number of carbonyl (C=O) groups is 1. The lowest BCUT2D eigenvalue weighted by Gasteiger charge is -2.33. The zero-order valence-corrected chi connectivity index (χ0v) is 13.7. The second-order valence-corrected chi connectivity index (χ2v) is 6.42. The van der Waals surface area contributed by atoms with E-state index < -0.39 is 0 Å². The number of morpholine rings is 1. The number of carbonyl (C=O) groups excluding carboxylic acids is 1. The maximum Gasteiger partial charge on any atom is 0.274 e. The first-order chi connectivity index (χ1) is 10.6. The Balaban J connectivity index is 1.73. The SMILES string of the molecule is Cc1ncc(Cl)c(C(=O)N2CC(C)C(N3CCOCC3)C2)n1. The number of aryl methyl sites for hydroxylation is 1. The third kappa shape index (κ3) is 3.09. The molecule has 0 spiro atoms. The number of amides is 1. The molecule has 2 unspecified atom stereocenters. The fourth-order valence-corrected chi connectivity index (χ4v) is 3.43. The van der Waals surface area contributed by atoms with Crippen LogP contribution in [0.25, 0.3) is 0 Å². The average molecular weight is 325 g/mol. The number of nitrogens with zero attached hydrogens (tertiary/aromatic N) is 4. The Labute approximate surface area is 135 Å². The van der Waals surface area contributed by atoms with Crippen LogP contribution < -0.4 is 0 Å². The Bertz CT molecular complexity index is 562. The molecular weight excluding hydrogens is 304 g/mol. The molecule has 0 aliphatic carbocycles. The molecule has 0 N–H and O–H groups in total. The summed E-state index contributed by atoms with van der Waals surface area (Å²) in [7, 11) is 0. The summed E-state index contributed by atoms with van der Waals surface area (Å²) >= 11 is 6.09. The van der Waals surface area contributed by atoms with Crippen molar-refractivity contribution in [3.63, 3.8) is 0 Å². The first kappa shape index (κ1) is 15.6. The van der Waals surface area contributed by atoms with Crippen molar-refractivity contribution in [2.45, 2.75) is 19.9 Å². The maximum atomic E-state index is 12.7. The number of likely N-dealkylation sites (tertiary alicyclic amines) is 1. The molecule has 0 radical (unpaired) electrons. The van der Waals surface area contributed by atoms with E-state index in [1.165, 1.54) is 6.20 Å². The lowest BCUT2D eigenvalue weighted by molar-refractivity contribution is 0.0119. The Morgan fingerprint density at radius 2 is 2.09 bits per heavy atom. The molecule has 2 saturated heterocycles. The van der Waals surface area contributed by atoms with Crippen LogP contribution in [0.5, 0.6) is 0 Å². The summed E-state index contributed by atoms with van der Waals surface area (Å²) in [4.78, 5) is 25.2. The lowest BCUT2D eigenvalue weighted by atomic mass is 10.0. The highest BCUT2D eigenvalue weighted by Crippen LogP contribution is 2.25. The van der Waals surface area contributed by atoms with Crippen LogP contribution in [0, 0.1) is 12.8 Å². The van der Waals surface area contributed by atoms with Crippen molar-refractivity contribution < 1.29 is 9.53 Å². The number of aromatic nitrogens is 2. The van der Waals surface area contributed by atoms with Gasteiger partial charge in [-0.2, -0.15) is 0 Å². The Morgan fingerprint density at radius 1 is 1.36 bits per heavy atom. The zero-order valence-electron chi connectivity index (χ0n) is 13.0. The molecule has 2 aliphatic heterocycles. The quantitative estimate of drug-likeness (QED) is 0.819. The summed E-state index contributed by atoms with van der Waals surface area (Å²) in [5.41, 5.74) is 0.309. The molecule has 1 aromatic heterocycles. The van der Waals surface area contributed by atoms with Crippen LogP contribution >= 0.6 is 11.6 Å². The second-order valence-electron chi connectivity index (χ2n) is 6.02. The van der Waals surface area contributed by atoms with Gasteiger partial charge in [0.1, 0.15) is 5.82 Å². The third-order valence-electron chi connectivity index (χ3n) is 4.44. The molecule has 0 bridgehead atoms. The van der Waals surface area contributed by atoms with Crippen LogP contribution in [0.3, 0.4) is 0 Å². The van der Waals surface area contributed by atoms with E-state index in [1.54, 1.807) is 6.92 Å². The van der Waals surface area contributed by atoms with Gasteiger partial charge < -0.3 is 9.64 Å². The summed E-state index contributed by atoms with van der Waals surface area (Å²) in [5.74, 6) is 0.895. The Morgan fingerprint density at radius 3 is 2.82 bits per heavy atom. The predicted molar refractivity (Wildman–Crippen MR) is 83.0 cm³/mol. The van der Waals surface area contributed by atoms with E-state index >= 15 is 0 Å². The number of hydrogen-bond acceptors (Lipinski definition) is 5. The normalized spacial score (nSPS) is 26.4. The first-order valence-corrected chi connectivity index (χ1v) is 8.04. The third-order valence-corrected chi connectivity index (χ3v) is 4.72.